The minimum atomic E-state index is 0.109. The van der Waals surface area contributed by atoms with E-state index in [0.29, 0.717) is 12.3 Å². The maximum Gasteiger partial charge on any atom is 0.174 e. The fraction of sp³-hybridized carbons (Fsp3) is 0.211. The molecule has 0 unspecified atom stereocenters. The predicted octanol–water partition coefficient (Wildman–Crippen LogP) is 4.21. The number of thioether (sulfide) groups is 1. The monoisotopic (exact) mass is 337 g/mol. The van der Waals surface area contributed by atoms with Gasteiger partial charge in [0.05, 0.1) is 11.9 Å². The normalized spacial score (nSPS) is 10.9. The van der Waals surface area contributed by atoms with E-state index < -0.39 is 0 Å². The van der Waals surface area contributed by atoms with Gasteiger partial charge in [0.25, 0.3) is 0 Å². The van der Waals surface area contributed by atoms with Gasteiger partial charge in [-0.3, -0.25) is 4.79 Å². The van der Waals surface area contributed by atoms with Crippen molar-refractivity contribution in [3.63, 3.8) is 0 Å². The molecule has 0 spiro atoms. The van der Waals surface area contributed by atoms with Gasteiger partial charge in [0.2, 0.25) is 0 Å². The van der Waals surface area contributed by atoms with Crippen molar-refractivity contribution in [1.82, 2.24) is 14.8 Å². The lowest BCUT2D eigenvalue weighted by Gasteiger charge is -2.06. The fourth-order valence-corrected chi connectivity index (χ4v) is 3.68. The van der Waals surface area contributed by atoms with Crippen molar-refractivity contribution in [2.75, 3.05) is 5.75 Å². The first-order valence-corrected chi connectivity index (χ1v) is 8.74. The second-order valence-corrected chi connectivity index (χ2v) is 6.60. The quantitative estimate of drug-likeness (QED) is 0.384. The molecule has 4 nitrogen and oxygen atoms in total. The molecular formula is C19H19N3OS. The first kappa shape index (κ1) is 16.5. The van der Waals surface area contributed by atoms with Crippen LogP contribution in [0.25, 0.3) is 10.8 Å². The summed E-state index contributed by atoms with van der Waals surface area (Å²) in [4.78, 5) is 12.6. The molecule has 0 bridgehead atoms. The van der Waals surface area contributed by atoms with E-state index in [4.69, 9.17) is 0 Å². The SMILES string of the molecule is C=CCn1c(C)cc(C(=O)CSc2nncc3ccccc23)c1C. The van der Waals surface area contributed by atoms with Gasteiger partial charge in [-0.05, 0) is 19.9 Å². The average Bonchev–Trinajstić information content (AvgIpc) is 2.88. The Morgan fingerprint density at radius 1 is 1.33 bits per heavy atom. The van der Waals surface area contributed by atoms with Gasteiger partial charge in [-0.15, -0.1) is 11.7 Å². The second-order valence-electron chi connectivity index (χ2n) is 5.63. The highest BCUT2D eigenvalue weighted by Crippen LogP contribution is 2.26. The lowest BCUT2D eigenvalue weighted by molar-refractivity contribution is 0.102. The van der Waals surface area contributed by atoms with Gasteiger partial charge in [-0.25, -0.2) is 0 Å². The van der Waals surface area contributed by atoms with Crippen molar-refractivity contribution in [1.29, 1.82) is 0 Å². The third-order valence-corrected chi connectivity index (χ3v) is 5.04. The Labute approximate surface area is 145 Å². The number of Topliss-reactive ketones (excluding diaryl/α,β-unsaturated/α-hetero) is 1. The highest BCUT2D eigenvalue weighted by molar-refractivity contribution is 8.00. The number of carbonyl (C=O) groups is 1. The molecule has 0 radical (unpaired) electrons. The summed E-state index contributed by atoms with van der Waals surface area (Å²) >= 11 is 1.44. The highest BCUT2D eigenvalue weighted by Gasteiger charge is 2.16. The first-order valence-electron chi connectivity index (χ1n) is 7.76. The number of hydrogen-bond acceptors (Lipinski definition) is 4. The summed E-state index contributed by atoms with van der Waals surface area (Å²) in [6.07, 6.45) is 3.58. The Hall–Kier alpha value is -2.40. The van der Waals surface area contributed by atoms with Crippen molar-refractivity contribution in [3.8, 4) is 0 Å². The minimum absolute atomic E-state index is 0.109. The van der Waals surface area contributed by atoms with E-state index in [1.54, 1.807) is 6.20 Å². The Balaban J connectivity index is 1.81. The molecule has 0 fully saturated rings. The van der Waals surface area contributed by atoms with Crippen LogP contribution in [-0.2, 0) is 6.54 Å². The number of fused-ring (bicyclic) bond motifs is 1. The fourth-order valence-electron chi connectivity index (χ4n) is 2.81. The zero-order chi connectivity index (χ0) is 17.1. The van der Waals surface area contributed by atoms with Gasteiger partial charge >= 0.3 is 0 Å². The van der Waals surface area contributed by atoms with Gasteiger partial charge in [0.15, 0.2) is 5.78 Å². The number of hydrogen-bond donors (Lipinski definition) is 0. The van der Waals surface area contributed by atoms with Gasteiger partial charge in [0.1, 0.15) is 5.03 Å². The summed E-state index contributed by atoms with van der Waals surface area (Å²) in [5.74, 6) is 0.458. The smallest absolute Gasteiger partial charge is 0.174 e. The molecule has 0 atom stereocenters. The van der Waals surface area contributed by atoms with Crippen LogP contribution in [0.2, 0.25) is 0 Å². The molecule has 0 saturated carbocycles. The Bertz CT molecular complexity index is 909. The molecular weight excluding hydrogens is 318 g/mol. The summed E-state index contributed by atoms with van der Waals surface area (Å²) in [6.45, 7) is 8.48. The van der Waals surface area contributed by atoms with Gasteiger partial charge in [-0.2, -0.15) is 5.10 Å². The zero-order valence-corrected chi connectivity index (χ0v) is 14.6. The van der Waals surface area contributed by atoms with Gasteiger partial charge < -0.3 is 4.57 Å². The van der Waals surface area contributed by atoms with Crippen LogP contribution in [-0.4, -0.2) is 26.3 Å². The van der Waals surface area contributed by atoms with Gasteiger partial charge in [0, 0.05) is 34.3 Å². The largest absolute Gasteiger partial charge is 0.345 e. The molecule has 2 heterocycles. The van der Waals surface area contributed by atoms with Crippen LogP contribution in [0.3, 0.4) is 0 Å². The second kappa shape index (κ2) is 7.01. The Kier molecular flexibility index (Phi) is 4.81. The van der Waals surface area contributed by atoms with Crippen LogP contribution in [0.15, 0.2) is 54.2 Å². The van der Waals surface area contributed by atoms with Crippen LogP contribution < -0.4 is 0 Å². The molecule has 3 rings (SSSR count). The van der Waals surface area contributed by atoms with Crippen LogP contribution in [0.4, 0.5) is 0 Å². The molecule has 122 valence electrons. The third kappa shape index (κ3) is 3.12. The van der Waals surface area contributed by atoms with E-state index in [2.05, 4.69) is 21.3 Å². The van der Waals surface area contributed by atoms with Crippen LogP contribution in [0.5, 0.6) is 0 Å². The molecule has 0 aliphatic rings. The maximum atomic E-state index is 12.6. The molecule has 1 aromatic carbocycles. The van der Waals surface area contributed by atoms with Gasteiger partial charge in [-0.1, -0.05) is 42.1 Å². The maximum absolute atomic E-state index is 12.6. The summed E-state index contributed by atoms with van der Waals surface area (Å²) in [5.41, 5.74) is 2.84. The van der Waals surface area contributed by atoms with Crippen molar-refractivity contribution >= 4 is 28.3 Å². The summed E-state index contributed by atoms with van der Waals surface area (Å²) in [7, 11) is 0. The number of aromatic nitrogens is 3. The van der Waals surface area contributed by atoms with Crippen molar-refractivity contribution in [3.05, 3.63) is 66.1 Å². The summed E-state index contributed by atoms with van der Waals surface area (Å²) in [5, 5.41) is 11.1. The number of aryl methyl sites for hydroxylation is 1. The summed E-state index contributed by atoms with van der Waals surface area (Å²) < 4.78 is 2.10. The van der Waals surface area contributed by atoms with Crippen LogP contribution >= 0.6 is 11.8 Å². The molecule has 5 heteroatoms. The number of carbonyl (C=O) groups excluding carboxylic acids is 1. The van der Waals surface area contributed by atoms with E-state index in [1.165, 1.54) is 11.8 Å². The number of rotatable bonds is 6. The van der Waals surface area contributed by atoms with E-state index in [-0.39, 0.29) is 5.78 Å². The van der Waals surface area contributed by atoms with E-state index in [1.807, 2.05) is 50.3 Å². The van der Waals surface area contributed by atoms with E-state index >= 15 is 0 Å². The first-order chi connectivity index (χ1) is 11.6. The third-order valence-electron chi connectivity index (χ3n) is 4.06. The van der Waals surface area contributed by atoms with Crippen molar-refractivity contribution in [2.45, 2.75) is 25.4 Å². The molecule has 0 aliphatic heterocycles. The average molecular weight is 337 g/mol. The lowest BCUT2D eigenvalue weighted by atomic mass is 10.2. The standard InChI is InChI=1S/C19H19N3OS/c1-4-9-22-13(2)10-17(14(22)3)18(23)12-24-19-16-8-6-5-7-15(16)11-20-21-19/h4-8,10-11H,1,9,12H2,2-3H3. The molecule has 0 N–H and O–H groups in total. The predicted molar refractivity (Wildman–Crippen MR) is 98.7 cm³/mol. The van der Waals surface area contributed by atoms with E-state index in [0.717, 1.165) is 32.7 Å². The number of ketones is 1. The Morgan fingerprint density at radius 2 is 2.12 bits per heavy atom. The molecule has 3 aromatic rings. The number of nitrogens with zero attached hydrogens (tertiary/aromatic N) is 3. The molecule has 2 aromatic heterocycles. The number of allylic oxidation sites excluding steroid dienone is 1. The topological polar surface area (TPSA) is 47.8 Å². The summed E-state index contributed by atoms with van der Waals surface area (Å²) in [6, 6.07) is 9.90. The lowest BCUT2D eigenvalue weighted by Crippen LogP contribution is -2.06. The minimum Gasteiger partial charge on any atom is -0.345 e. The zero-order valence-electron chi connectivity index (χ0n) is 13.8. The van der Waals surface area contributed by atoms with Crippen molar-refractivity contribution < 1.29 is 4.79 Å². The van der Waals surface area contributed by atoms with Crippen LogP contribution in [0, 0.1) is 13.8 Å². The molecule has 24 heavy (non-hydrogen) atoms. The molecule has 0 saturated heterocycles. The van der Waals surface area contributed by atoms with E-state index in [9.17, 15) is 4.79 Å². The molecule has 0 amide bonds. The molecule has 0 aliphatic carbocycles. The highest BCUT2D eigenvalue weighted by atomic mass is 32.2. The van der Waals surface area contributed by atoms with Crippen molar-refractivity contribution in [2.24, 2.45) is 0 Å². The van der Waals surface area contributed by atoms with Crippen LogP contribution in [0.1, 0.15) is 21.7 Å². The Morgan fingerprint density at radius 3 is 2.92 bits per heavy atom. The number of benzene rings is 1.